The number of nitrogens with one attached hydrogen (secondary N) is 1. The predicted molar refractivity (Wildman–Crippen MR) is 131 cm³/mol. The van der Waals surface area contributed by atoms with Crippen molar-refractivity contribution < 1.29 is 30.7 Å². The van der Waals surface area contributed by atoms with Crippen molar-refractivity contribution in [2.75, 3.05) is 4.72 Å². The lowest BCUT2D eigenvalue weighted by atomic mass is 9.81. The first-order valence-electron chi connectivity index (χ1n) is 10.7. The van der Waals surface area contributed by atoms with Gasteiger partial charge < -0.3 is 5.11 Å². The molecule has 0 spiro atoms. The molecule has 0 bridgehead atoms. The van der Waals surface area contributed by atoms with Gasteiger partial charge >= 0.3 is 0 Å². The highest BCUT2D eigenvalue weighted by Gasteiger charge is 2.52. The number of nitrogens with zero attached hydrogens (tertiary/aromatic N) is 1. The summed E-state index contributed by atoms with van der Waals surface area (Å²) in [5.74, 6) is -1.42. The summed E-state index contributed by atoms with van der Waals surface area (Å²) < 4.78 is 82.1. The molecule has 0 saturated carbocycles. The Morgan fingerprint density at radius 1 is 0.917 bits per heavy atom. The fourth-order valence-corrected chi connectivity index (χ4v) is 7.10. The minimum Gasteiger partial charge on any atom is -0.381 e. The molecule has 190 valence electrons. The van der Waals surface area contributed by atoms with Gasteiger partial charge in [-0.3, -0.25) is 9.71 Å². The van der Waals surface area contributed by atoms with E-state index in [1.54, 1.807) is 6.92 Å². The molecular formula is C24H23F2N3O5S2. The van der Waals surface area contributed by atoms with E-state index in [-0.39, 0.29) is 33.6 Å². The SMILES string of the molecule is Cc1ccc2c(n1)C(O)C(S(=O)(=O)Nc1cccc(F)c1C)=CC2(c1cccc(F)c1C)S(N)(=O)=O. The molecule has 4 rings (SSSR count). The number of nitrogens with two attached hydrogens (primary N) is 1. The molecule has 1 aliphatic rings. The Labute approximate surface area is 207 Å². The topological polar surface area (TPSA) is 139 Å². The van der Waals surface area contributed by atoms with E-state index in [1.807, 2.05) is 0 Å². The molecule has 8 nitrogen and oxygen atoms in total. The third kappa shape index (κ3) is 3.99. The number of hydrogen-bond donors (Lipinski definition) is 3. The Morgan fingerprint density at radius 2 is 1.53 bits per heavy atom. The maximum Gasteiger partial charge on any atom is 0.260 e. The van der Waals surface area contributed by atoms with E-state index in [0.717, 1.165) is 18.2 Å². The van der Waals surface area contributed by atoms with Crippen molar-refractivity contribution in [2.45, 2.75) is 31.6 Å². The summed E-state index contributed by atoms with van der Waals surface area (Å²) in [7, 11) is -9.46. The van der Waals surface area contributed by atoms with Crippen molar-refractivity contribution in [3.05, 3.63) is 105 Å². The van der Waals surface area contributed by atoms with Crippen molar-refractivity contribution in [3.8, 4) is 0 Å². The van der Waals surface area contributed by atoms with E-state index in [4.69, 9.17) is 5.14 Å². The van der Waals surface area contributed by atoms with Crippen molar-refractivity contribution in [1.82, 2.24) is 4.98 Å². The monoisotopic (exact) mass is 535 g/mol. The zero-order valence-electron chi connectivity index (χ0n) is 19.5. The lowest BCUT2D eigenvalue weighted by Gasteiger charge is -2.37. The predicted octanol–water partition coefficient (Wildman–Crippen LogP) is 3.19. The number of aliphatic hydroxyl groups excluding tert-OH is 1. The number of pyridine rings is 1. The van der Waals surface area contributed by atoms with Crippen LogP contribution in [0.2, 0.25) is 0 Å². The molecule has 36 heavy (non-hydrogen) atoms. The molecule has 1 aliphatic carbocycles. The van der Waals surface area contributed by atoms with Gasteiger partial charge in [0.25, 0.3) is 10.0 Å². The van der Waals surface area contributed by atoms with Crippen LogP contribution in [0.3, 0.4) is 0 Å². The molecule has 4 N–H and O–H groups in total. The van der Waals surface area contributed by atoms with Gasteiger partial charge in [-0.05, 0) is 62.2 Å². The first-order valence-corrected chi connectivity index (χ1v) is 13.7. The molecule has 2 atom stereocenters. The van der Waals surface area contributed by atoms with Crippen LogP contribution in [0.1, 0.15) is 39.7 Å². The molecule has 3 aromatic rings. The van der Waals surface area contributed by atoms with Gasteiger partial charge in [-0.2, -0.15) is 0 Å². The summed E-state index contributed by atoms with van der Waals surface area (Å²) in [6.45, 7) is 4.25. The van der Waals surface area contributed by atoms with Crippen molar-refractivity contribution in [1.29, 1.82) is 0 Å². The van der Waals surface area contributed by atoms with Crippen LogP contribution in [0.5, 0.6) is 0 Å². The lowest BCUT2D eigenvalue weighted by molar-refractivity contribution is 0.212. The molecule has 0 amide bonds. The minimum absolute atomic E-state index is 0.0139. The molecule has 2 unspecified atom stereocenters. The Bertz CT molecular complexity index is 1640. The number of fused-ring (bicyclic) bond motifs is 1. The molecule has 0 aliphatic heterocycles. The Hall–Kier alpha value is -3.19. The van der Waals surface area contributed by atoms with E-state index >= 15 is 0 Å². The van der Waals surface area contributed by atoms with Gasteiger partial charge in [0.05, 0.1) is 16.3 Å². The first kappa shape index (κ1) is 25.9. The van der Waals surface area contributed by atoms with E-state index in [0.29, 0.717) is 5.69 Å². The zero-order chi connectivity index (χ0) is 26.6. The minimum atomic E-state index is -4.76. The normalized spacial score (nSPS) is 20.0. The van der Waals surface area contributed by atoms with Crippen LogP contribution in [-0.2, 0) is 24.8 Å². The highest BCUT2D eigenvalue weighted by molar-refractivity contribution is 7.96. The summed E-state index contributed by atoms with van der Waals surface area (Å²) >= 11 is 0. The number of anilines is 1. The number of aliphatic hydroxyl groups is 1. The van der Waals surface area contributed by atoms with Crippen LogP contribution in [0, 0.1) is 32.4 Å². The van der Waals surface area contributed by atoms with Crippen molar-refractivity contribution in [2.24, 2.45) is 5.14 Å². The van der Waals surface area contributed by atoms with Gasteiger partial charge in [0.2, 0.25) is 10.0 Å². The highest BCUT2D eigenvalue weighted by atomic mass is 32.2. The number of sulfonamides is 2. The van der Waals surface area contributed by atoms with Crippen LogP contribution in [0.4, 0.5) is 14.5 Å². The summed E-state index contributed by atoms with van der Waals surface area (Å²) in [5.41, 5.74) is -0.382. The molecule has 0 fully saturated rings. The Balaban J connectivity index is 2.09. The Kier molecular flexibility index (Phi) is 6.28. The summed E-state index contributed by atoms with van der Waals surface area (Å²) in [6.07, 6.45) is -1.10. The van der Waals surface area contributed by atoms with Gasteiger partial charge in [-0.1, -0.05) is 24.3 Å². The summed E-state index contributed by atoms with van der Waals surface area (Å²) in [5, 5.41) is 16.8. The molecule has 0 radical (unpaired) electrons. The van der Waals surface area contributed by atoms with Crippen LogP contribution >= 0.6 is 0 Å². The maximum atomic E-state index is 14.6. The lowest BCUT2D eigenvalue weighted by Crippen LogP contribution is -2.45. The van der Waals surface area contributed by atoms with Crippen molar-refractivity contribution in [3.63, 3.8) is 0 Å². The van der Waals surface area contributed by atoms with Gasteiger partial charge in [0.1, 0.15) is 17.7 Å². The second-order valence-corrected chi connectivity index (χ2v) is 12.0. The molecule has 0 saturated heterocycles. The second-order valence-electron chi connectivity index (χ2n) is 8.55. The molecule has 1 heterocycles. The van der Waals surface area contributed by atoms with Crippen LogP contribution in [0.25, 0.3) is 0 Å². The number of aryl methyl sites for hydroxylation is 1. The van der Waals surface area contributed by atoms with Gasteiger partial charge in [-0.15, -0.1) is 0 Å². The zero-order valence-corrected chi connectivity index (χ0v) is 21.1. The van der Waals surface area contributed by atoms with E-state index < -0.39 is 47.4 Å². The first-order chi connectivity index (χ1) is 16.7. The van der Waals surface area contributed by atoms with Gasteiger partial charge in [0, 0.05) is 16.8 Å². The van der Waals surface area contributed by atoms with Crippen LogP contribution in [0.15, 0.2) is 59.5 Å². The summed E-state index contributed by atoms with van der Waals surface area (Å²) in [4.78, 5) is 3.44. The maximum absolute atomic E-state index is 14.6. The van der Waals surface area contributed by atoms with Crippen molar-refractivity contribution >= 4 is 25.7 Å². The fourth-order valence-electron chi connectivity index (χ4n) is 4.36. The van der Waals surface area contributed by atoms with E-state index in [9.17, 15) is 30.7 Å². The van der Waals surface area contributed by atoms with E-state index in [1.165, 1.54) is 50.2 Å². The third-order valence-corrected chi connectivity index (χ3v) is 9.18. The Morgan fingerprint density at radius 3 is 2.17 bits per heavy atom. The second kappa shape index (κ2) is 8.73. The number of halogens is 2. The highest BCUT2D eigenvalue weighted by Crippen LogP contribution is 2.49. The number of benzene rings is 2. The van der Waals surface area contributed by atoms with Crippen LogP contribution in [-0.4, -0.2) is 26.9 Å². The van der Waals surface area contributed by atoms with Gasteiger partial charge in [0.15, 0.2) is 4.75 Å². The standard InChI is InChI=1S/C24H23F2N3O5S2/c1-13-10-11-17-22(28-13)23(30)21(35(31,32)29-20-9-5-8-19(26)15(20)3)12-24(17,36(27,33)34)16-6-4-7-18(25)14(16)2/h4-12,23,29-30H,1-3H3,(H2,27,33,34). The molecule has 1 aromatic heterocycles. The van der Waals surface area contributed by atoms with Crippen LogP contribution < -0.4 is 9.86 Å². The fraction of sp³-hybridized carbons (Fsp3) is 0.208. The molecular weight excluding hydrogens is 512 g/mol. The summed E-state index contributed by atoms with van der Waals surface area (Å²) in [6, 6.07) is 10.3. The number of hydrogen-bond acceptors (Lipinski definition) is 6. The van der Waals surface area contributed by atoms with Gasteiger partial charge in [-0.25, -0.2) is 30.8 Å². The molecule has 12 heteroatoms. The average molecular weight is 536 g/mol. The number of rotatable bonds is 5. The number of primary sulfonamides is 1. The quantitative estimate of drug-likeness (QED) is 0.459. The third-order valence-electron chi connectivity index (χ3n) is 6.28. The average Bonchev–Trinajstić information content (AvgIpc) is 2.78. The van der Waals surface area contributed by atoms with E-state index in [2.05, 4.69) is 9.71 Å². The smallest absolute Gasteiger partial charge is 0.260 e. The number of aromatic nitrogens is 1. The largest absolute Gasteiger partial charge is 0.381 e. The molecule has 2 aromatic carbocycles.